The highest BCUT2D eigenvalue weighted by Crippen LogP contribution is 2.32. The summed E-state index contributed by atoms with van der Waals surface area (Å²) in [6, 6.07) is 12.8. The lowest BCUT2D eigenvalue weighted by Crippen LogP contribution is -2.37. The van der Waals surface area contributed by atoms with Crippen molar-refractivity contribution in [2.75, 3.05) is 13.7 Å². The van der Waals surface area contributed by atoms with Crippen molar-refractivity contribution < 1.29 is 14.3 Å². The first-order valence-electron chi connectivity index (χ1n) is 7.52. The van der Waals surface area contributed by atoms with Gasteiger partial charge in [-0.15, -0.1) is 0 Å². The molecule has 0 bridgehead atoms. The lowest BCUT2D eigenvalue weighted by molar-refractivity contribution is -0.127. The molecular formula is C18H19Cl2NO3. The van der Waals surface area contributed by atoms with E-state index in [1.807, 2.05) is 24.3 Å². The highest BCUT2D eigenvalue weighted by atomic mass is 35.5. The van der Waals surface area contributed by atoms with Crippen molar-refractivity contribution >= 4 is 29.1 Å². The van der Waals surface area contributed by atoms with Gasteiger partial charge in [-0.2, -0.15) is 0 Å². The third-order valence-corrected chi connectivity index (χ3v) is 4.26. The zero-order valence-corrected chi connectivity index (χ0v) is 15.0. The topological polar surface area (TPSA) is 47.6 Å². The van der Waals surface area contributed by atoms with Crippen LogP contribution in [0.5, 0.6) is 11.5 Å². The molecule has 128 valence electrons. The fourth-order valence-electron chi connectivity index (χ4n) is 2.08. The van der Waals surface area contributed by atoms with E-state index in [4.69, 9.17) is 32.7 Å². The molecule has 0 fully saturated rings. The van der Waals surface area contributed by atoms with Gasteiger partial charge in [0.2, 0.25) is 0 Å². The molecule has 0 spiro atoms. The monoisotopic (exact) mass is 367 g/mol. The Balaban J connectivity index is 1.82. The molecule has 24 heavy (non-hydrogen) atoms. The number of benzene rings is 2. The first-order chi connectivity index (χ1) is 11.5. The summed E-state index contributed by atoms with van der Waals surface area (Å²) in [7, 11) is 1.63. The summed E-state index contributed by atoms with van der Waals surface area (Å²) in [6.07, 6.45) is 0.0530. The largest absolute Gasteiger partial charge is 0.497 e. The van der Waals surface area contributed by atoms with Gasteiger partial charge in [0.05, 0.1) is 12.1 Å². The molecule has 4 nitrogen and oxygen atoms in total. The summed E-state index contributed by atoms with van der Waals surface area (Å²) in [5, 5.41) is 3.54. The van der Waals surface area contributed by atoms with Gasteiger partial charge in [0.15, 0.2) is 6.10 Å². The van der Waals surface area contributed by atoms with Crippen molar-refractivity contribution in [2.45, 2.75) is 19.4 Å². The molecule has 0 saturated heterocycles. The smallest absolute Gasteiger partial charge is 0.260 e. The number of rotatable bonds is 7. The SMILES string of the molecule is COc1ccc(CCNC(=O)C(C)Oc2cccc(Cl)c2Cl)cc1. The maximum atomic E-state index is 12.1. The number of carbonyl (C=O) groups excluding carboxylic acids is 1. The van der Waals surface area contributed by atoms with Crippen molar-refractivity contribution in [3.05, 3.63) is 58.1 Å². The highest BCUT2D eigenvalue weighted by molar-refractivity contribution is 6.42. The summed E-state index contributed by atoms with van der Waals surface area (Å²) in [5.41, 5.74) is 1.11. The number of carbonyl (C=O) groups is 1. The summed E-state index contributed by atoms with van der Waals surface area (Å²) in [5.74, 6) is 0.990. The quantitative estimate of drug-likeness (QED) is 0.800. The van der Waals surface area contributed by atoms with E-state index in [0.29, 0.717) is 22.3 Å². The van der Waals surface area contributed by atoms with Gasteiger partial charge < -0.3 is 14.8 Å². The minimum Gasteiger partial charge on any atom is -0.497 e. The number of hydrogen-bond acceptors (Lipinski definition) is 3. The van der Waals surface area contributed by atoms with Crippen LogP contribution >= 0.6 is 23.2 Å². The van der Waals surface area contributed by atoms with Crippen molar-refractivity contribution in [3.8, 4) is 11.5 Å². The van der Waals surface area contributed by atoms with Crippen LogP contribution in [0.25, 0.3) is 0 Å². The maximum absolute atomic E-state index is 12.1. The average Bonchev–Trinajstić information content (AvgIpc) is 2.59. The van der Waals surface area contributed by atoms with Crippen molar-refractivity contribution in [1.29, 1.82) is 0 Å². The fourth-order valence-corrected chi connectivity index (χ4v) is 2.42. The molecule has 2 aromatic rings. The fraction of sp³-hybridized carbons (Fsp3) is 0.278. The molecular weight excluding hydrogens is 349 g/mol. The average molecular weight is 368 g/mol. The minimum absolute atomic E-state index is 0.209. The summed E-state index contributed by atoms with van der Waals surface area (Å²) >= 11 is 12.0. The normalized spacial score (nSPS) is 11.7. The maximum Gasteiger partial charge on any atom is 0.260 e. The lowest BCUT2D eigenvalue weighted by atomic mass is 10.1. The molecule has 2 aromatic carbocycles. The minimum atomic E-state index is -0.670. The molecule has 0 saturated carbocycles. The third kappa shape index (κ3) is 5.05. The zero-order chi connectivity index (χ0) is 17.5. The molecule has 1 atom stereocenters. The summed E-state index contributed by atoms with van der Waals surface area (Å²) < 4.78 is 10.7. The molecule has 6 heteroatoms. The second kappa shape index (κ2) is 8.81. The highest BCUT2D eigenvalue weighted by Gasteiger charge is 2.16. The van der Waals surface area contributed by atoms with Crippen LogP contribution in [0.1, 0.15) is 12.5 Å². The second-order valence-corrected chi connectivity index (χ2v) is 5.99. The predicted molar refractivity (Wildman–Crippen MR) is 96.3 cm³/mol. The van der Waals surface area contributed by atoms with E-state index in [-0.39, 0.29) is 5.91 Å². The van der Waals surface area contributed by atoms with E-state index in [2.05, 4.69) is 5.32 Å². The van der Waals surface area contributed by atoms with E-state index in [1.54, 1.807) is 32.2 Å². The van der Waals surface area contributed by atoms with Gasteiger partial charge >= 0.3 is 0 Å². The van der Waals surface area contributed by atoms with E-state index in [0.717, 1.165) is 17.7 Å². The molecule has 1 unspecified atom stereocenters. The Kier molecular flexibility index (Phi) is 6.76. The van der Waals surface area contributed by atoms with Gasteiger partial charge in [-0.1, -0.05) is 41.4 Å². The van der Waals surface area contributed by atoms with Crippen LogP contribution < -0.4 is 14.8 Å². The van der Waals surface area contributed by atoms with Gasteiger partial charge in [0.1, 0.15) is 16.5 Å². The molecule has 2 rings (SSSR count). The Labute approximate surface area is 151 Å². The van der Waals surface area contributed by atoms with Crippen molar-refractivity contribution in [3.63, 3.8) is 0 Å². The molecule has 0 aliphatic heterocycles. The molecule has 1 amide bonds. The van der Waals surface area contributed by atoms with Gasteiger partial charge in [-0.05, 0) is 43.2 Å². The van der Waals surface area contributed by atoms with Crippen LogP contribution in [0.15, 0.2) is 42.5 Å². The van der Waals surface area contributed by atoms with E-state index >= 15 is 0 Å². The molecule has 0 aliphatic rings. The van der Waals surface area contributed by atoms with Gasteiger partial charge in [0.25, 0.3) is 5.91 Å². The van der Waals surface area contributed by atoms with E-state index < -0.39 is 6.10 Å². The van der Waals surface area contributed by atoms with Crippen LogP contribution in [0.4, 0.5) is 0 Å². The zero-order valence-electron chi connectivity index (χ0n) is 13.5. The Morgan fingerprint density at radius 2 is 1.88 bits per heavy atom. The Hall–Kier alpha value is -1.91. The number of hydrogen-bond donors (Lipinski definition) is 1. The number of ether oxygens (including phenoxy) is 2. The molecule has 0 aromatic heterocycles. The molecule has 0 heterocycles. The predicted octanol–water partition coefficient (Wildman–Crippen LogP) is 4.13. The second-order valence-electron chi connectivity index (χ2n) is 5.20. The van der Waals surface area contributed by atoms with Crippen LogP contribution in [0, 0.1) is 0 Å². The van der Waals surface area contributed by atoms with Crippen LogP contribution in [0.2, 0.25) is 10.0 Å². The Bertz CT molecular complexity index is 689. The lowest BCUT2D eigenvalue weighted by Gasteiger charge is -2.16. The Morgan fingerprint density at radius 1 is 1.17 bits per heavy atom. The van der Waals surface area contributed by atoms with Crippen LogP contribution in [0.3, 0.4) is 0 Å². The van der Waals surface area contributed by atoms with Crippen LogP contribution in [-0.4, -0.2) is 25.7 Å². The van der Waals surface area contributed by atoms with Gasteiger partial charge in [-0.3, -0.25) is 4.79 Å². The summed E-state index contributed by atoms with van der Waals surface area (Å²) in [4.78, 5) is 12.1. The van der Waals surface area contributed by atoms with E-state index in [9.17, 15) is 4.79 Å². The van der Waals surface area contributed by atoms with Crippen molar-refractivity contribution in [2.24, 2.45) is 0 Å². The van der Waals surface area contributed by atoms with Gasteiger partial charge in [-0.25, -0.2) is 0 Å². The van der Waals surface area contributed by atoms with Gasteiger partial charge in [0, 0.05) is 6.54 Å². The number of nitrogens with one attached hydrogen (secondary N) is 1. The summed E-state index contributed by atoms with van der Waals surface area (Å²) in [6.45, 7) is 2.18. The standard InChI is InChI=1S/C18H19Cl2NO3/c1-12(24-16-5-3-4-15(19)17(16)20)18(22)21-11-10-13-6-8-14(23-2)9-7-13/h3-9,12H,10-11H2,1-2H3,(H,21,22). The molecule has 1 N–H and O–H groups in total. The van der Waals surface area contributed by atoms with Crippen molar-refractivity contribution in [1.82, 2.24) is 5.32 Å². The first-order valence-corrected chi connectivity index (χ1v) is 8.28. The number of methoxy groups -OCH3 is 1. The Morgan fingerprint density at radius 3 is 2.54 bits per heavy atom. The molecule has 0 radical (unpaired) electrons. The molecule has 0 aliphatic carbocycles. The first kappa shape index (κ1) is 18.4. The van der Waals surface area contributed by atoms with Crippen LogP contribution in [-0.2, 0) is 11.2 Å². The number of amides is 1. The van der Waals surface area contributed by atoms with E-state index in [1.165, 1.54) is 0 Å². The third-order valence-electron chi connectivity index (χ3n) is 3.46. The number of halogens is 2.